The van der Waals surface area contributed by atoms with Crippen molar-refractivity contribution in [3.63, 3.8) is 0 Å². The van der Waals surface area contributed by atoms with E-state index >= 15 is 0 Å². The van der Waals surface area contributed by atoms with Crippen molar-refractivity contribution in [3.05, 3.63) is 101 Å². The second kappa shape index (κ2) is 17.5. The normalized spacial score (nSPS) is 12.5. The van der Waals surface area contributed by atoms with Gasteiger partial charge in [-0.2, -0.15) is 0 Å². The summed E-state index contributed by atoms with van der Waals surface area (Å²) in [6, 6.07) is 18.4. The van der Waals surface area contributed by atoms with Crippen LogP contribution in [-0.2, 0) is 16.8 Å². The van der Waals surface area contributed by atoms with Gasteiger partial charge in [-0.3, -0.25) is 28.7 Å². The van der Waals surface area contributed by atoms with Crippen LogP contribution < -0.4 is 16.0 Å². The Morgan fingerprint density at radius 2 is 1.55 bits per heavy atom. The Labute approximate surface area is 369 Å². The van der Waals surface area contributed by atoms with Crippen LogP contribution in [0.3, 0.4) is 0 Å². The third-order valence-corrected chi connectivity index (χ3v) is 10.8. The molecule has 0 aliphatic carbocycles. The predicted octanol–water partition coefficient (Wildman–Crippen LogP) is 7.35. The minimum Gasteiger partial charge on any atom is -0.508 e. The summed E-state index contributed by atoms with van der Waals surface area (Å²) in [5.74, 6) is -1.20. The van der Waals surface area contributed by atoms with Crippen LogP contribution in [0.2, 0.25) is 0 Å². The van der Waals surface area contributed by atoms with Crippen molar-refractivity contribution in [1.82, 2.24) is 55.4 Å². The average Bonchev–Trinajstić information content (AvgIpc) is 3.89. The topological polar surface area (TPSA) is 221 Å². The van der Waals surface area contributed by atoms with E-state index in [-0.39, 0.29) is 57.3 Å². The van der Waals surface area contributed by atoms with Gasteiger partial charge in [-0.1, -0.05) is 48.5 Å². The highest BCUT2D eigenvalue weighted by molar-refractivity contribution is 5.98. The van der Waals surface area contributed by atoms with Crippen molar-refractivity contribution in [2.24, 2.45) is 5.41 Å². The molecule has 4 heterocycles. The summed E-state index contributed by atoms with van der Waals surface area (Å²) in [5, 5.41) is 41.5. The Kier molecular flexibility index (Phi) is 12.2. The van der Waals surface area contributed by atoms with E-state index in [9.17, 15) is 29.0 Å². The number of benzene rings is 3. The highest BCUT2D eigenvalue weighted by atomic mass is 19.1. The van der Waals surface area contributed by atoms with Gasteiger partial charge >= 0.3 is 0 Å². The van der Waals surface area contributed by atoms with E-state index in [1.165, 1.54) is 22.8 Å². The molecule has 64 heavy (non-hydrogen) atoms. The van der Waals surface area contributed by atoms with Crippen LogP contribution in [0.1, 0.15) is 101 Å². The van der Waals surface area contributed by atoms with E-state index in [2.05, 4.69) is 57.0 Å². The number of nitrogens with one attached hydrogen (secondary N) is 5. The number of aromatic amines is 2. The summed E-state index contributed by atoms with van der Waals surface area (Å²) in [4.78, 5) is 53.2. The molecule has 0 radical (unpaired) electrons. The third kappa shape index (κ3) is 9.23. The predicted molar refractivity (Wildman–Crippen MR) is 242 cm³/mol. The van der Waals surface area contributed by atoms with E-state index in [4.69, 9.17) is 9.97 Å². The van der Waals surface area contributed by atoms with Crippen LogP contribution in [0.15, 0.2) is 72.8 Å². The molecule has 0 fully saturated rings. The van der Waals surface area contributed by atoms with E-state index in [0.717, 1.165) is 28.2 Å². The van der Waals surface area contributed by atoms with Gasteiger partial charge in [0.15, 0.2) is 11.5 Å². The van der Waals surface area contributed by atoms with Crippen LogP contribution in [0.5, 0.6) is 11.5 Å². The zero-order chi connectivity index (χ0) is 46.2. The standard InChI is InChI=1S/C47H54FN11O5/c1-10-49-44(64)41-56-55-39(32-21-31(25(2)3)35(60)22-36(32)61)59(41)30-17-13-28(14-18-30)43(63)51-26(4)42(62)50-23-47(8,9)24-58-40-34(57-58)20-19-33(52-40)38-37(27-11-15-29(48)16-12-27)53-45(54-38)46(5,6)7/h11-22,25-26,57,60-61H,10,23-24H2,1-9H3,(H,49,64)(H,50,62)(H,51,63)(H,53,54)/t26-/m0/s1. The number of amides is 3. The molecular weight excluding hydrogens is 818 g/mol. The lowest BCUT2D eigenvalue weighted by Crippen LogP contribution is -2.47. The number of nitrogens with zero attached hydrogens (tertiary/aromatic N) is 6. The highest BCUT2D eigenvalue weighted by Gasteiger charge is 2.28. The number of rotatable bonds is 14. The summed E-state index contributed by atoms with van der Waals surface area (Å²) in [7, 11) is 0. The quantitative estimate of drug-likeness (QED) is 0.0580. The molecule has 0 aliphatic rings. The fourth-order valence-electron chi connectivity index (χ4n) is 7.27. The molecule has 0 unspecified atom stereocenters. The van der Waals surface area contributed by atoms with Crippen molar-refractivity contribution < 1.29 is 29.0 Å². The maximum atomic E-state index is 13.8. The number of H-pyrrole nitrogens is 2. The largest absolute Gasteiger partial charge is 0.508 e. The van der Waals surface area contributed by atoms with E-state index in [0.29, 0.717) is 42.3 Å². The molecule has 334 valence electrons. The average molecular weight is 872 g/mol. The van der Waals surface area contributed by atoms with Gasteiger partial charge in [0, 0.05) is 53.3 Å². The van der Waals surface area contributed by atoms with Crippen molar-refractivity contribution in [1.29, 1.82) is 0 Å². The Morgan fingerprint density at radius 1 is 0.844 bits per heavy atom. The van der Waals surface area contributed by atoms with Crippen LogP contribution in [0.4, 0.5) is 4.39 Å². The molecule has 0 saturated heterocycles. The molecule has 7 N–H and O–H groups in total. The summed E-state index contributed by atoms with van der Waals surface area (Å²) in [6.45, 7) is 18.5. The van der Waals surface area contributed by atoms with Gasteiger partial charge in [0.2, 0.25) is 11.7 Å². The summed E-state index contributed by atoms with van der Waals surface area (Å²) in [5.41, 5.74) is 5.25. The zero-order valence-electron chi connectivity index (χ0n) is 37.4. The van der Waals surface area contributed by atoms with Gasteiger partial charge in [0.1, 0.15) is 29.2 Å². The van der Waals surface area contributed by atoms with Crippen molar-refractivity contribution in [3.8, 4) is 51.2 Å². The number of halogens is 1. The van der Waals surface area contributed by atoms with Crippen molar-refractivity contribution in [2.45, 2.75) is 86.2 Å². The number of fused-ring (bicyclic) bond motifs is 1. The first-order valence-corrected chi connectivity index (χ1v) is 21.2. The first-order chi connectivity index (χ1) is 30.2. The fourth-order valence-corrected chi connectivity index (χ4v) is 7.27. The Bertz CT molecular complexity index is 2840. The molecule has 17 heteroatoms. The van der Waals surface area contributed by atoms with Gasteiger partial charge in [0.25, 0.3) is 11.8 Å². The van der Waals surface area contributed by atoms with Crippen LogP contribution in [-0.4, -0.2) is 86.6 Å². The smallest absolute Gasteiger partial charge is 0.289 e. The van der Waals surface area contributed by atoms with Gasteiger partial charge in [0.05, 0.1) is 28.2 Å². The second-order valence-corrected chi connectivity index (χ2v) is 18.1. The Balaban J connectivity index is 1.02. The number of imidazole rings is 1. The minimum absolute atomic E-state index is 0.0445. The van der Waals surface area contributed by atoms with E-state index in [1.54, 1.807) is 56.3 Å². The highest BCUT2D eigenvalue weighted by Crippen LogP contribution is 2.39. The van der Waals surface area contributed by atoms with E-state index < -0.39 is 23.3 Å². The summed E-state index contributed by atoms with van der Waals surface area (Å²) >= 11 is 0. The zero-order valence-corrected chi connectivity index (χ0v) is 37.4. The van der Waals surface area contributed by atoms with Gasteiger partial charge in [-0.25, -0.2) is 14.4 Å². The second-order valence-electron chi connectivity index (χ2n) is 18.1. The number of hydrogen-bond acceptors (Lipinski definition) is 9. The van der Waals surface area contributed by atoms with Crippen LogP contribution in [0.25, 0.3) is 50.9 Å². The number of pyridine rings is 1. The molecule has 7 aromatic rings. The Hall–Kier alpha value is -7.30. The summed E-state index contributed by atoms with van der Waals surface area (Å²) in [6.07, 6.45) is 0. The molecule has 3 amide bonds. The third-order valence-electron chi connectivity index (χ3n) is 10.8. The molecule has 0 bridgehead atoms. The van der Waals surface area contributed by atoms with Gasteiger partial charge < -0.3 is 31.1 Å². The molecule has 0 saturated carbocycles. The Morgan fingerprint density at radius 3 is 2.20 bits per heavy atom. The lowest BCUT2D eigenvalue weighted by atomic mass is 9.93. The molecule has 16 nitrogen and oxygen atoms in total. The van der Waals surface area contributed by atoms with Gasteiger partial charge in [-0.15, -0.1) is 10.2 Å². The maximum absolute atomic E-state index is 13.8. The fraction of sp³-hybridized carbons (Fsp3) is 0.340. The molecule has 7 rings (SSSR count). The lowest BCUT2D eigenvalue weighted by molar-refractivity contribution is -0.123. The minimum atomic E-state index is -0.876. The number of aromatic hydroxyl groups is 2. The number of hydrogen-bond donors (Lipinski definition) is 7. The van der Waals surface area contributed by atoms with Crippen molar-refractivity contribution in [2.75, 3.05) is 13.1 Å². The molecular formula is C47H54FN11O5. The first kappa shape index (κ1) is 44.7. The number of phenolic OH excluding ortho intramolecular Hbond substituents is 2. The molecule has 3 aromatic carbocycles. The van der Waals surface area contributed by atoms with E-state index in [1.807, 2.05) is 44.5 Å². The molecule has 0 spiro atoms. The SMILES string of the molecule is CCNC(=O)c1nnc(-c2cc(C(C)C)c(O)cc2O)n1-c1ccc(C(=O)N[C@@H](C)C(=O)NCC(C)(C)Cn2[nH]c3ccc(-c4[nH]c(C(C)(C)C)nc4-c4ccc(F)cc4)nc32)cc1. The number of aromatic nitrogens is 8. The van der Waals surface area contributed by atoms with Crippen LogP contribution in [0, 0.1) is 11.2 Å². The van der Waals surface area contributed by atoms with Crippen molar-refractivity contribution >= 4 is 28.9 Å². The molecule has 0 aliphatic heterocycles. The number of carbonyl (C=O) groups is 3. The van der Waals surface area contributed by atoms with Crippen LogP contribution >= 0.6 is 0 Å². The number of phenols is 2. The lowest BCUT2D eigenvalue weighted by Gasteiger charge is -2.29. The molecule has 1 atom stereocenters. The maximum Gasteiger partial charge on any atom is 0.289 e. The monoisotopic (exact) mass is 871 g/mol. The van der Waals surface area contributed by atoms with Gasteiger partial charge in [-0.05, 0) is 92.1 Å². The number of carbonyl (C=O) groups excluding carboxylic acids is 3. The summed E-state index contributed by atoms with van der Waals surface area (Å²) < 4.78 is 17.2. The first-order valence-electron chi connectivity index (χ1n) is 21.2. The molecule has 4 aromatic heterocycles.